The maximum atomic E-state index is 9.82. The van der Waals surface area contributed by atoms with Gasteiger partial charge in [0.25, 0.3) is 0 Å². The summed E-state index contributed by atoms with van der Waals surface area (Å²) in [7, 11) is 0. The Bertz CT molecular complexity index is 152. The SMILES string of the molecule is CCCCSC[C@H](O)C[NH+]1CCOCC1. The van der Waals surface area contributed by atoms with E-state index in [4.69, 9.17) is 4.74 Å². The predicted molar refractivity (Wildman–Crippen MR) is 64.6 cm³/mol. The predicted octanol–water partition coefficient (Wildman–Crippen LogP) is -0.204. The number of nitrogens with one attached hydrogen (secondary N) is 1. The molecule has 1 saturated heterocycles. The number of quaternary nitrogens is 1. The fourth-order valence-corrected chi connectivity index (χ4v) is 2.77. The molecule has 0 radical (unpaired) electrons. The molecule has 15 heavy (non-hydrogen) atoms. The number of ether oxygens (including phenoxy) is 1. The van der Waals surface area contributed by atoms with E-state index in [-0.39, 0.29) is 6.10 Å². The second-order valence-electron chi connectivity index (χ2n) is 4.15. The highest BCUT2D eigenvalue weighted by Crippen LogP contribution is 2.05. The number of hydrogen-bond donors (Lipinski definition) is 2. The van der Waals surface area contributed by atoms with Crippen LogP contribution in [0.1, 0.15) is 19.8 Å². The van der Waals surface area contributed by atoms with E-state index in [1.54, 1.807) is 0 Å². The Morgan fingerprint density at radius 3 is 2.80 bits per heavy atom. The summed E-state index contributed by atoms with van der Waals surface area (Å²) in [5.41, 5.74) is 0. The van der Waals surface area contributed by atoms with Gasteiger partial charge in [-0.05, 0) is 12.2 Å². The van der Waals surface area contributed by atoms with Gasteiger partial charge in [-0.1, -0.05) is 13.3 Å². The van der Waals surface area contributed by atoms with Gasteiger partial charge in [0.05, 0.1) is 13.2 Å². The highest BCUT2D eigenvalue weighted by atomic mass is 32.2. The molecule has 1 fully saturated rings. The van der Waals surface area contributed by atoms with Gasteiger partial charge >= 0.3 is 0 Å². The third kappa shape index (κ3) is 6.40. The summed E-state index contributed by atoms with van der Waals surface area (Å²) in [6.45, 7) is 6.90. The molecule has 0 aromatic carbocycles. The summed E-state index contributed by atoms with van der Waals surface area (Å²) < 4.78 is 5.29. The Labute approximate surface area is 97.2 Å². The molecule has 1 atom stereocenters. The summed E-state index contributed by atoms with van der Waals surface area (Å²) in [5, 5.41) is 9.82. The van der Waals surface area contributed by atoms with Crippen molar-refractivity contribution < 1.29 is 14.7 Å². The number of aliphatic hydroxyl groups excluding tert-OH is 1. The molecule has 0 saturated carbocycles. The van der Waals surface area contributed by atoms with Crippen LogP contribution < -0.4 is 4.90 Å². The molecule has 1 aliphatic rings. The average molecular weight is 234 g/mol. The van der Waals surface area contributed by atoms with Crippen LogP contribution in [0.25, 0.3) is 0 Å². The van der Waals surface area contributed by atoms with Gasteiger partial charge in [0.15, 0.2) is 0 Å². The van der Waals surface area contributed by atoms with Gasteiger partial charge in [-0.25, -0.2) is 0 Å². The number of hydrogen-bond acceptors (Lipinski definition) is 3. The second-order valence-corrected chi connectivity index (χ2v) is 5.30. The molecule has 0 bridgehead atoms. The van der Waals surface area contributed by atoms with Crippen molar-refractivity contribution in [2.24, 2.45) is 0 Å². The summed E-state index contributed by atoms with van der Waals surface area (Å²) in [5.74, 6) is 2.08. The summed E-state index contributed by atoms with van der Waals surface area (Å²) in [6, 6.07) is 0. The van der Waals surface area contributed by atoms with Gasteiger partial charge < -0.3 is 14.7 Å². The van der Waals surface area contributed by atoms with Crippen LogP contribution in [-0.4, -0.2) is 55.6 Å². The molecule has 0 aromatic heterocycles. The lowest BCUT2D eigenvalue weighted by Crippen LogP contribution is -3.15. The van der Waals surface area contributed by atoms with Gasteiger partial charge in [-0.15, -0.1) is 0 Å². The van der Waals surface area contributed by atoms with Crippen LogP contribution in [0.2, 0.25) is 0 Å². The Hall–Kier alpha value is 0.230. The summed E-state index contributed by atoms with van der Waals surface area (Å²) in [4.78, 5) is 1.49. The molecule has 1 rings (SSSR count). The van der Waals surface area contributed by atoms with E-state index >= 15 is 0 Å². The van der Waals surface area contributed by atoms with Gasteiger partial charge in [0.1, 0.15) is 25.7 Å². The fraction of sp³-hybridized carbons (Fsp3) is 1.00. The molecule has 90 valence electrons. The van der Waals surface area contributed by atoms with Crippen LogP contribution in [0.15, 0.2) is 0 Å². The average Bonchev–Trinajstić information content (AvgIpc) is 2.26. The van der Waals surface area contributed by atoms with Crippen LogP contribution in [0.3, 0.4) is 0 Å². The van der Waals surface area contributed by atoms with Crippen molar-refractivity contribution in [3.8, 4) is 0 Å². The van der Waals surface area contributed by atoms with E-state index in [1.807, 2.05) is 11.8 Å². The Morgan fingerprint density at radius 1 is 1.40 bits per heavy atom. The first kappa shape index (κ1) is 13.3. The van der Waals surface area contributed by atoms with Crippen molar-refractivity contribution in [1.29, 1.82) is 0 Å². The number of thioether (sulfide) groups is 1. The molecular formula is C11H24NO2S+. The molecule has 0 aromatic rings. The highest BCUT2D eigenvalue weighted by Gasteiger charge is 2.17. The van der Waals surface area contributed by atoms with Crippen LogP contribution in [0.5, 0.6) is 0 Å². The van der Waals surface area contributed by atoms with E-state index in [1.165, 1.54) is 23.5 Å². The summed E-state index contributed by atoms with van der Waals surface area (Å²) >= 11 is 1.88. The lowest BCUT2D eigenvalue weighted by Gasteiger charge is -2.25. The molecule has 0 spiro atoms. The maximum Gasteiger partial charge on any atom is 0.112 e. The van der Waals surface area contributed by atoms with E-state index in [0.717, 1.165) is 38.6 Å². The van der Waals surface area contributed by atoms with E-state index in [0.29, 0.717) is 0 Å². The normalized spacial score (nSPS) is 20.4. The second kappa shape index (κ2) is 8.39. The smallest absolute Gasteiger partial charge is 0.112 e. The molecule has 0 aliphatic carbocycles. The zero-order valence-corrected chi connectivity index (χ0v) is 10.5. The number of aliphatic hydroxyl groups is 1. The number of unbranched alkanes of at least 4 members (excludes halogenated alkanes) is 1. The minimum atomic E-state index is -0.139. The van der Waals surface area contributed by atoms with Gasteiger partial charge in [0, 0.05) is 5.75 Å². The van der Waals surface area contributed by atoms with E-state index in [9.17, 15) is 5.11 Å². The Kier molecular flexibility index (Phi) is 7.44. The van der Waals surface area contributed by atoms with Crippen LogP contribution in [0.4, 0.5) is 0 Å². The lowest BCUT2D eigenvalue weighted by molar-refractivity contribution is -0.910. The van der Waals surface area contributed by atoms with Crippen molar-refractivity contribution >= 4 is 11.8 Å². The topological polar surface area (TPSA) is 33.9 Å². The van der Waals surface area contributed by atoms with E-state index < -0.39 is 0 Å². The van der Waals surface area contributed by atoms with Crippen LogP contribution >= 0.6 is 11.8 Å². The Balaban J connectivity index is 1.98. The molecule has 0 amide bonds. The largest absolute Gasteiger partial charge is 0.386 e. The summed E-state index contributed by atoms with van der Waals surface area (Å²) in [6.07, 6.45) is 2.37. The zero-order valence-electron chi connectivity index (χ0n) is 9.71. The first-order chi connectivity index (χ1) is 7.33. The third-order valence-electron chi connectivity index (χ3n) is 2.68. The first-order valence-electron chi connectivity index (χ1n) is 6.00. The van der Waals surface area contributed by atoms with Gasteiger partial charge in [-0.2, -0.15) is 11.8 Å². The molecule has 0 unspecified atom stereocenters. The number of morpholine rings is 1. The first-order valence-corrected chi connectivity index (χ1v) is 7.15. The minimum Gasteiger partial charge on any atom is -0.386 e. The van der Waals surface area contributed by atoms with Crippen molar-refractivity contribution in [3.63, 3.8) is 0 Å². The lowest BCUT2D eigenvalue weighted by atomic mass is 10.3. The molecular weight excluding hydrogens is 210 g/mol. The molecule has 4 heteroatoms. The van der Waals surface area contributed by atoms with Crippen molar-refractivity contribution in [1.82, 2.24) is 0 Å². The monoisotopic (exact) mass is 234 g/mol. The van der Waals surface area contributed by atoms with Crippen molar-refractivity contribution in [3.05, 3.63) is 0 Å². The quantitative estimate of drug-likeness (QED) is 0.599. The highest BCUT2D eigenvalue weighted by molar-refractivity contribution is 7.99. The van der Waals surface area contributed by atoms with Gasteiger partial charge in [-0.3, -0.25) is 0 Å². The fourth-order valence-electron chi connectivity index (χ4n) is 1.72. The van der Waals surface area contributed by atoms with Crippen molar-refractivity contribution in [2.45, 2.75) is 25.9 Å². The van der Waals surface area contributed by atoms with Gasteiger partial charge in [0.2, 0.25) is 0 Å². The molecule has 2 N–H and O–H groups in total. The third-order valence-corrected chi connectivity index (χ3v) is 3.87. The standard InChI is InChI=1S/C11H23NO2S/c1-2-3-8-15-10-11(13)9-12-4-6-14-7-5-12/h11,13H,2-10H2,1H3/p+1/t11-/m1/s1. The zero-order chi connectivity index (χ0) is 10.9. The molecule has 1 aliphatic heterocycles. The van der Waals surface area contributed by atoms with Crippen molar-refractivity contribution in [2.75, 3.05) is 44.4 Å². The minimum absolute atomic E-state index is 0.139. The van der Waals surface area contributed by atoms with Crippen LogP contribution in [0, 0.1) is 0 Å². The van der Waals surface area contributed by atoms with Crippen LogP contribution in [-0.2, 0) is 4.74 Å². The van der Waals surface area contributed by atoms with E-state index in [2.05, 4.69) is 6.92 Å². The maximum absolute atomic E-state index is 9.82. The Morgan fingerprint density at radius 2 is 2.13 bits per heavy atom. The molecule has 1 heterocycles. The molecule has 3 nitrogen and oxygen atoms in total. The number of rotatable bonds is 7.